The second-order valence-corrected chi connectivity index (χ2v) is 6.35. The zero-order valence-corrected chi connectivity index (χ0v) is 14.5. The maximum absolute atomic E-state index is 12.0. The third kappa shape index (κ3) is 3.05. The molecule has 134 valence electrons. The summed E-state index contributed by atoms with van der Waals surface area (Å²) in [6, 6.07) is 7.24. The Hall–Kier alpha value is -3.57. The first-order chi connectivity index (χ1) is 13.0. The normalized spacial score (nSPS) is 19.2. The standard InChI is InChI=1S/C19H16N6O2/c1-25-8-7-19(27,18(25)26)6-5-12-3-2-4-13(9-12)17-21-10-14-15(24-17)16(20)23-11-22-14/h2-4,9-11,27H,7-8H2,1H3,(H2,20,22,23). The van der Waals surface area contributed by atoms with Crippen molar-refractivity contribution >= 4 is 22.8 Å². The van der Waals surface area contributed by atoms with E-state index in [1.54, 1.807) is 25.4 Å². The molecule has 0 spiro atoms. The Labute approximate surface area is 155 Å². The minimum atomic E-state index is -1.63. The van der Waals surface area contributed by atoms with E-state index >= 15 is 0 Å². The number of rotatable bonds is 1. The highest BCUT2D eigenvalue weighted by molar-refractivity contribution is 5.90. The number of likely N-dealkylation sites (N-methyl/N-ethyl adjacent to an activating group) is 1. The van der Waals surface area contributed by atoms with Gasteiger partial charge in [0.15, 0.2) is 11.6 Å². The molecule has 1 aliphatic rings. The summed E-state index contributed by atoms with van der Waals surface area (Å²) < 4.78 is 0. The lowest BCUT2D eigenvalue weighted by molar-refractivity contribution is -0.137. The van der Waals surface area contributed by atoms with E-state index in [4.69, 9.17) is 5.73 Å². The van der Waals surface area contributed by atoms with E-state index in [1.807, 2.05) is 12.1 Å². The molecule has 1 aromatic carbocycles. The summed E-state index contributed by atoms with van der Waals surface area (Å²) >= 11 is 0. The molecule has 3 heterocycles. The van der Waals surface area contributed by atoms with Gasteiger partial charge in [0.05, 0.1) is 6.20 Å². The number of nitrogens with zero attached hydrogens (tertiary/aromatic N) is 5. The SMILES string of the molecule is CN1CCC(O)(C#Cc2cccc(-c3ncc4ncnc(N)c4n3)c2)C1=O. The fourth-order valence-corrected chi connectivity index (χ4v) is 2.89. The molecule has 1 saturated heterocycles. The highest BCUT2D eigenvalue weighted by Crippen LogP contribution is 2.22. The highest BCUT2D eigenvalue weighted by atomic mass is 16.3. The van der Waals surface area contributed by atoms with Crippen molar-refractivity contribution in [2.24, 2.45) is 0 Å². The zero-order valence-electron chi connectivity index (χ0n) is 14.5. The average molecular weight is 360 g/mol. The molecule has 0 bridgehead atoms. The number of nitrogen functional groups attached to an aromatic ring is 1. The number of hydrogen-bond acceptors (Lipinski definition) is 7. The Bertz CT molecular complexity index is 1120. The van der Waals surface area contributed by atoms with Gasteiger partial charge < -0.3 is 15.7 Å². The third-order valence-corrected chi connectivity index (χ3v) is 4.45. The summed E-state index contributed by atoms with van der Waals surface area (Å²) in [5, 5.41) is 10.4. The molecule has 1 amide bonds. The van der Waals surface area contributed by atoms with E-state index in [-0.39, 0.29) is 11.7 Å². The third-order valence-electron chi connectivity index (χ3n) is 4.45. The number of nitrogens with two attached hydrogens (primary N) is 1. The zero-order chi connectivity index (χ0) is 19.0. The van der Waals surface area contributed by atoms with Gasteiger partial charge in [0.25, 0.3) is 5.91 Å². The van der Waals surface area contributed by atoms with Crippen LogP contribution in [0.3, 0.4) is 0 Å². The van der Waals surface area contributed by atoms with Gasteiger partial charge in [-0.25, -0.2) is 19.9 Å². The Kier molecular flexibility index (Phi) is 3.94. The molecule has 0 radical (unpaired) electrons. The molecule has 0 aliphatic carbocycles. The van der Waals surface area contributed by atoms with Crippen molar-refractivity contribution in [3.05, 3.63) is 42.4 Å². The summed E-state index contributed by atoms with van der Waals surface area (Å²) in [5.74, 6) is 5.96. The fourth-order valence-electron chi connectivity index (χ4n) is 2.89. The van der Waals surface area contributed by atoms with Gasteiger partial charge in [0.2, 0.25) is 5.60 Å². The van der Waals surface area contributed by atoms with Crippen LogP contribution in [-0.2, 0) is 4.79 Å². The molecule has 8 nitrogen and oxygen atoms in total. The lowest BCUT2D eigenvalue weighted by Gasteiger charge is -2.13. The van der Waals surface area contributed by atoms with E-state index in [9.17, 15) is 9.90 Å². The van der Waals surface area contributed by atoms with Gasteiger partial charge in [-0.2, -0.15) is 0 Å². The number of anilines is 1. The number of fused-ring (bicyclic) bond motifs is 1. The van der Waals surface area contributed by atoms with Crippen LogP contribution < -0.4 is 5.73 Å². The van der Waals surface area contributed by atoms with Gasteiger partial charge in [-0.3, -0.25) is 4.79 Å². The Morgan fingerprint density at radius 3 is 2.93 bits per heavy atom. The number of aromatic nitrogens is 4. The van der Waals surface area contributed by atoms with E-state index in [2.05, 4.69) is 31.8 Å². The highest BCUT2D eigenvalue weighted by Gasteiger charge is 2.42. The summed E-state index contributed by atoms with van der Waals surface area (Å²) in [4.78, 5) is 30.3. The molecule has 1 atom stereocenters. The van der Waals surface area contributed by atoms with Crippen molar-refractivity contribution in [2.45, 2.75) is 12.0 Å². The van der Waals surface area contributed by atoms with Gasteiger partial charge in [0, 0.05) is 31.1 Å². The second-order valence-electron chi connectivity index (χ2n) is 6.35. The molecule has 4 rings (SSSR count). The van der Waals surface area contributed by atoms with Crippen molar-refractivity contribution in [2.75, 3.05) is 19.3 Å². The van der Waals surface area contributed by atoms with Crippen LogP contribution >= 0.6 is 0 Å². The van der Waals surface area contributed by atoms with Crippen LogP contribution in [0.25, 0.3) is 22.4 Å². The van der Waals surface area contributed by atoms with Gasteiger partial charge in [-0.1, -0.05) is 24.0 Å². The first-order valence-electron chi connectivity index (χ1n) is 8.31. The van der Waals surface area contributed by atoms with Crippen LogP contribution in [0.2, 0.25) is 0 Å². The summed E-state index contributed by atoms with van der Waals surface area (Å²) in [6.45, 7) is 0.485. The average Bonchev–Trinajstić information content (AvgIpc) is 2.95. The fraction of sp³-hybridized carbons (Fsp3) is 0.211. The quantitative estimate of drug-likeness (QED) is 0.611. The summed E-state index contributed by atoms with van der Waals surface area (Å²) in [7, 11) is 1.65. The number of amides is 1. The van der Waals surface area contributed by atoms with E-state index in [0.717, 1.165) is 5.56 Å². The van der Waals surface area contributed by atoms with Crippen molar-refractivity contribution < 1.29 is 9.90 Å². The van der Waals surface area contributed by atoms with Crippen LogP contribution in [0.5, 0.6) is 0 Å². The number of carbonyl (C=O) groups excluding carboxylic acids is 1. The van der Waals surface area contributed by atoms with E-state index < -0.39 is 5.60 Å². The maximum Gasteiger partial charge on any atom is 0.267 e. The Morgan fingerprint density at radius 1 is 1.30 bits per heavy atom. The van der Waals surface area contributed by atoms with Gasteiger partial charge >= 0.3 is 0 Å². The number of aliphatic hydroxyl groups is 1. The molecule has 27 heavy (non-hydrogen) atoms. The van der Waals surface area contributed by atoms with Crippen molar-refractivity contribution in [1.29, 1.82) is 0 Å². The number of likely N-dealkylation sites (tertiary alicyclic amines) is 1. The largest absolute Gasteiger partial charge is 0.382 e. The van der Waals surface area contributed by atoms with Crippen LogP contribution in [0.15, 0.2) is 36.8 Å². The van der Waals surface area contributed by atoms with Crippen molar-refractivity contribution in [3.63, 3.8) is 0 Å². The van der Waals surface area contributed by atoms with Crippen molar-refractivity contribution in [3.8, 4) is 23.2 Å². The van der Waals surface area contributed by atoms with E-state index in [1.165, 1.54) is 11.2 Å². The molecule has 8 heteroatoms. The van der Waals surface area contributed by atoms with Crippen LogP contribution in [0.4, 0.5) is 5.82 Å². The Balaban J connectivity index is 1.69. The van der Waals surface area contributed by atoms with Gasteiger partial charge in [-0.15, -0.1) is 0 Å². The predicted molar refractivity (Wildman–Crippen MR) is 99.1 cm³/mol. The van der Waals surface area contributed by atoms with Crippen molar-refractivity contribution in [1.82, 2.24) is 24.8 Å². The lowest BCUT2D eigenvalue weighted by Crippen LogP contribution is -2.37. The number of benzene rings is 1. The lowest BCUT2D eigenvalue weighted by atomic mass is 10.0. The Morgan fingerprint density at radius 2 is 2.15 bits per heavy atom. The smallest absolute Gasteiger partial charge is 0.267 e. The molecular formula is C19H16N6O2. The predicted octanol–water partition coefficient (Wildman–Crippen LogP) is 0.614. The van der Waals surface area contributed by atoms with Crippen LogP contribution in [0, 0.1) is 11.8 Å². The molecule has 0 saturated carbocycles. The summed E-state index contributed by atoms with van der Waals surface area (Å²) in [5.41, 5.74) is 6.65. The van der Waals surface area contributed by atoms with E-state index in [0.29, 0.717) is 35.4 Å². The minimum absolute atomic E-state index is 0.283. The molecule has 1 fully saturated rings. The number of carbonyl (C=O) groups is 1. The molecule has 2 aromatic heterocycles. The molecule has 1 aliphatic heterocycles. The minimum Gasteiger partial charge on any atom is -0.382 e. The van der Waals surface area contributed by atoms with Gasteiger partial charge in [0.1, 0.15) is 17.4 Å². The molecule has 3 N–H and O–H groups in total. The summed E-state index contributed by atoms with van der Waals surface area (Å²) in [6.07, 6.45) is 3.25. The second kappa shape index (κ2) is 6.30. The first kappa shape index (κ1) is 16.9. The van der Waals surface area contributed by atoms with Crippen LogP contribution in [0.1, 0.15) is 12.0 Å². The topological polar surface area (TPSA) is 118 Å². The first-order valence-corrected chi connectivity index (χ1v) is 8.31. The molecule has 1 unspecified atom stereocenters. The molecule has 3 aromatic rings. The van der Waals surface area contributed by atoms with Crippen LogP contribution in [-0.4, -0.2) is 55.0 Å². The maximum atomic E-state index is 12.0. The monoisotopic (exact) mass is 360 g/mol. The number of hydrogen-bond donors (Lipinski definition) is 2. The molecular weight excluding hydrogens is 344 g/mol. The van der Waals surface area contributed by atoms with Gasteiger partial charge in [-0.05, 0) is 12.1 Å².